The van der Waals surface area contributed by atoms with E-state index in [1.165, 1.54) is 19.2 Å². The highest BCUT2D eigenvalue weighted by molar-refractivity contribution is 5.94. The number of hydrogen-bond donors (Lipinski definition) is 2. The van der Waals surface area contributed by atoms with Gasteiger partial charge in [0.2, 0.25) is 0 Å². The fraction of sp³-hybridized carbons (Fsp3) is 0.235. The Kier molecular flexibility index (Phi) is 4.18. The monoisotopic (exact) mass is 352 g/mol. The Morgan fingerprint density at radius 1 is 1.20 bits per heavy atom. The predicted octanol–water partition coefficient (Wildman–Crippen LogP) is 3.35. The molecule has 0 bridgehead atoms. The van der Waals surface area contributed by atoms with Gasteiger partial charge < -0.3 is 15.2 Å². The molecule has 8 heteroatoms. The molecule has 1 heterocycles. The summed E-state index contributed by atoms with van der Waals surface area (Å²) >= 11 is 0. The number of carbonyl (C=O) groups excluding carboxylic acids is 1. The van der Waals surface area contributed by atoms with Crippen molar-refractivity contribution in [3.8, 4) is 0 Å². The average Bonchev–Trinajstić information content (AvgIpc) is 2.58. The van der Waals surface area contributed by atoms with E-state index in [0.717, 1.165) is 23.1 Å². The average molecular weight is 352 g/mol. The third kappa shape index (κ3) is 2.83. The van der Waals surface area contributed by atoms with Gasteiger partial charge in [-0.1, -0.05) is 30.3 Å². The first-order valence-electron chi connectivity index (χ1n) is 7.35. The summed E-state index contributed by atoms with van der Waals surface area (Å²) < 4.78 is 44.3. The lowest BCUT2D eigenvalue weighted by atomic mass is 9.89. The molecule has 2 N–H and O–H groups in total. The highest BCUT2D eigenvalue weighted by atomic mass is 19.4. The van der Waals surface area contributed by atoms with Gasteiger partial charge >= 0.3 is 12.2 Å². The molecule has 0 saturated carbocycles. The highest BCUT2D eigenvalue weighted by Gasteiger charge is 2.47. The number of amides is 2. The van der Waals surface area contributed by atoms with Crippen molar-refractivity contribution in [2.45, 2.75) is 11.9 Å². The van der Waals surface area contributed by atoms with Crippen molar-refractivity contribution in [1.29, 1.82) is 0 Å². The summed E-state index contributed by atoms with van der Waals surface area (Å²) in [4.78, 5) is 13.3. The Bertz CT molecular complexity index is 795. The molecule has 2 aromatic carbocycles. The molecule has 1 aliphatic heterocycles. The molecule has 132 valence electrons. The molecule has 0 fully saturated rings. The summed E-state index contributed by atoms with van der Waals surface area (Å²) in [5.41, 5.74) is -2.74. The molecule has 25 heavy (non-hydrogen) atoms. The summed E-state index contributed by atoms with van der Waals surface area (Å²) in [5.74, 6) is 0. The fourth-order valence-electron chi connectivity index (χ4n) is 2.86. The minimum Gasteiger partial charge on any atom is -0.364 e. The van der Waals surface area contributed by atoms with Gasteiger partial charge in [-0.05, 0) is 18.2 Å². The molecule has 0 spiro atoms. The number of alkyl halides is 3. The Labute approximate surface area is 141 Å². The Hall–Kier alpha value is -2.58. The molecule has 0 radical (unpaired) electrons. The molecule has 1 aliphatic rings. The minimum atomic E-state index is -4.58. The van der Waals surface area contributed by atoms with Crippen LogP contribution in [0.25, 0.3) is 0 Å². The smallest absolute Gasteiger partial charge is 0.364 e. The molecule has 0 aliphatic carbocycles. The molecule has 3 rings (SSSR count). The maximum absolute atomic E-state index is 13.1. The molecular weight excluding hydrogens is 337 g/mol. The number of benzene rings is 2. The molecule has 2 aromatic rings. The summed E-state index contributed by atoms with van der Waals surface area (Å²) in [6.45, 7) is -0.313. The Morgan fingerprint density at radius 2 is 1.88 bits per heavy atom. The van der Waals surface area contributed by atoms with E-state index < -0.39 is 23.5 Å². The number of hydrogen-bond acceptors (Lipinski definition) is 3. The fourth-order valence-corrected chi connectivity index (χ4v) is 2.86. The van der Waals surface area contributed by atoms with Crippen LogP contribution in [0.4, 0.5) is 23.7 Å². The van der Waals surface area contributed by atoms with Crippen LogP contribution in [-0.2, 0) is 16.6 Å². The maximum atomic E-state index is 13.1. The number of aliphatic hydroxyl groups is 1. The van der Waals surface area contributed by atoms with Gasteiger partial charge in [0.25, 0.3) is 0 Å². The molecule has 0 aromatic heterocycles. The van der Waals surface area contributed by atoms with E-state index >= 15 is 0 Å². The lowest BCUT2D eigenvalue weighted by Crippen LogP contribution is -2.56. The zero-order valence-corrected chi connectivity index (χ0v) is 13.2. The van der Waals surface area contributed by atoms with Crippen LogP contribution in [-0.4, -0.2) is 29.9 Å². The van der Waals surface area contributed by atoms with Crippen LogP contribution in [0.15, 0.2) is 48.5 Å². The van der Waals surface area contributed by atoms with Crippen molar-refractivity contribution in [2.75, 3.05) is 19.2 Å². The summed E-state index contributed by atoms with van der Waals surface area (Å²) in [7, 11) is 1.32. The van der Waals surface area contributed by atoms with Crippen LogP contribution in [0, 0.1) is 0 Å². The third-order valence-electron chi connectivity index (χ3n) is 4.03. The summed E-state index contributed by atoms with van der Waals surface area (Å²) in [6, 6.07) is 10.2. The van der Waals surface area contributed by atoms with Gasteiger partial charge in [-0.25, -0.2) is 4.79 Å². The zero-order chi connectivity index (χ0) is 18.2. The van der Waals surface area contributed by atoms with Crippen LogP contribution in [0.3, 0.4) is 0 Å². The number of fused-ring (bicyclic) bond motifs is 1. The number of nitrogens with one attached hydrogen (secondary N) is 1. The number of methoxy groups -OCH3 is 1. The SMILES string of the molecule is COCN1C(=O)Nc2ccc(C(F)(F)F)cc2C1(O)c1ccccc1. The van der Waals surface area contributed by atoms with Crippen molar-refractivity contribution in [3.63, 3.8) is 0 Å². The van der Waals surface area contributed by atoms with E-state index in [0.29, 0.717) is 0 Å². The van der Waals surface area contributed by atoms with Gasteiger partial charge in [0.1, 0.15) is 6.73 Å². The largest absolute Gasteiger partial charge is 0.416 e. The molecule has 1 unspecified atom stereocenters. The maximum Gasteiger partial charge on any atom is 0.416 e. The van der Waals surface area contributed by atoms with E-state index in [4.69, 9.17) is 4.74 Å². The first-order chi connectivity index (χ1) is 11.8. The molecule has 1 atom stereocenters. The van der Waals surface area contributed by atoms with Crippen molar-refractivity contribution in [3.05, 3.63) is 65.2 Å². The lowest BCUT2D eigenvalue weighted by Gasteiger charge is -2.44. The van der Waals surface area contributed by atoms with Crippen LogP contribution >= 0.6 is 0 Å². The standard InChI is InChI=1S/C17H15F3N2O3/c1-25-10-22-15(23)21-14-8-7-12(17(18,19)20)9-13(14)16(22,24)11-5-3-2-4-6-11/h2-9,24H,10H2,1H3,(H,21,23). The number of carbonyl (C=O) groups is 1. The Balaban J connectivity index is 2.27. The van der Waals surface area contributed by atoms with Gasteiger partial charge in [-0.2, -0.15) is 13.2 Å². The second-order valence-electron chi connectivity index (χ2n) is 5.57. The van der Waals surface area contributed by atoms with Crippen LogP contribution in [0.5, 0.6) is 0 Å². The van der Waals surface area contributed by atoms with Crippen LogP contribution in [0.1, 0.15) is 16.7 Å². The number of urea groups is 1. The van der Waals surface area contributed by atoms with E-state index in [-0.39, 0.29) is 23.5 Å². The number of anilines is 1. The van der Waals surface area contributed by atoms with E-state index in [1.807, 2.05) is 0 Å². The van der Waals surface area contributed by atoms with Crippen molar-refractivity contribution in [1.82, 2.24) is 4.90 Å². The number of nitrogens with zero attached hydrogens (tertiary/aromatic N) is 1. The van der Waals surface area contributed by atoms with Gasteiger partial charge in [0.15, 0.2) is 5.72 Å². The predicted molar refractivity (Wildman–Crippen MR) is 83.6 cm³/mol. The van der Waals surface area contributed by atoms with Gasteiger partial charge in [-0.15, -0.1) is 0 Å². The first kappa shape index (κ1) is 17.2. The molecular formula is C17H15F3N2O3. The molecule has 5 nitrogen and oxygen atoms in total. The third-order valence-corrected chi connectivity index (χ3v) is 4.03. The van der Waals surface area contributed by atoms with Crippen LogP contribution < -0.4 is 5.32 Å². The topological polar surface area (TPSA) is 61.8 Å². The van der Waals surface area contributed by atoms with E-state index in [2.05, 4.69) is 5.32 Å². The van der Waals surface area contributed by atoms with Gasteiger partial charge in [-0.3, -0.25) is 4.90 Å². The van der Waals surface area contributed by atoms with E-state index in [9.17, 15) is 23.1 Å². The minimum absolute atomic E-state index is 0.0785. The molecule has 2 amide bonds. The van der Waals surface area contributed by atoms with E-state index in [1.54, 1.807) is 18.2 Å². The van der Waals surface area contributed by atoms with Crippen molar-refractivity contribution in [2.24, 2.45) is 0 Å². The number of halogens is 3. The molecule has 0 saturated heterocycles. The highest BCUT2D eigenvalue weighted by Crippen LogP contribution is 2.43. The Morgan fingerprint density at radius 3 is 2.48 bits per heavy atom. The first-order valence-corrected chi connectivity index (χ1v) is 7.35. The second kappa shape index (κ2) is 6.05. The quantitative estimate of drug-likeness (QED) is 0.891. The second-order valence-corrected chi connectivity index (χ2v) is 5.57. The van der Waals surface area contributed by atoms with Crippen molar-refractivity contribution < 1.29 is 27.8 Å². The summed E-state index contributed by atoms with van der Waals surface area (Å²) in [6.07, 6.45) is -4.58. The van der Waals surface area contributed by atoms with Gasteiger partial charge in [0.05, 0.1) is 11.3 Å². The summed E-state index contributed by atoms with van der Waals surface area (Å²) in [5, 5.41) is 13.8. The number of ether oxygens (including phenoxy) is 1. The van der Waals surface area contributed by atoms with Gasteiger partial charge in [0, 0.05) is 18.2 Å². The van der Waals surface area contributed by atoms with Crippen LogP contribution in [0.2, 0.25) is 0 Å². The number of rotatable bonds is 3. The zero-order valence-electron chi connectivity index (χ0n) is 13.2. The normalized spacial score (nSPS) is 20.2. The lowest BCUT2D eigenvalue weighted by molar-refractivity contribution is -0.138. The van der Waals surface area contributed by atoms with Crippen molar-refractivity contribution >= 4 is 11.7 Å².